The Kier molecular flexibility index (Phi) is 6.76. The van der Waals surface area contributed by atoms with Gasteiger partial charge in [-0.05, 0) is 123 Å². The third-order valence-electron chi connectivity index (χ3n) is 11.9. The van der Waals surface area contributed by atoms with Gasteiger partial charge in [-0.1, -0.05) is 67.0 Å². The molecule has 6 atom stereocenters. The largest absolute Gasteiger partial charge is 0.460 e. The average Bonchev–Trinajstić information content (AvgIpc) is 2.73. The second kappa shape index (κ2) is 8.76. The lowest BCUT2D eigenvalue weighted by Crippen LogP contribution is -2.61. The second-order valence-corrected chi connectivity index (χ2v) is 15.2. The van der Waals surface area contributed by atoms with E-state index in [4.69, 9.17) is 4.74 Å². The van der Waals surface area contributed by atoms with Gasteiger partial charge in [0.1, 0.15) is 5.60 Å². The van der Waals surface area contributed by atoms with Gasteiger partial charge in [-0.3, -0.25) is 4.79 Å². The lowest BCUT2D eigenvalue weighted by molar-refractivity contribution is -0.185. The Balaban J connectivity index is 1.59. The summed E-state index contributed by atoms with van der Waals surface area (Å²) in [6.07, 6.45) is 15.9. The standard InChI is InChI=1S/C33H54O2/c1-11-24-16-17-27-32(9)20-18-25(22-12-14-23(15-13-22)28(34)35-29(2,3)4)30(5,6)26(32)19-21-33(27,10)31(24,7)8/h12,18,23-24,26-27H,11,13-17,19-21H2,1-10H3/t23?,24-,26-,27+,32-,33+/m0/s1. The third kappa shape index (κ3) is 4.27. The Hall–Kier alpha value is -1.05. The number of hydrogen-bond acceptors (Lipinski definition) is 2. The minimum absolute atomic E-state index is 0.0157. The smallest absolute Gasteiger partial charge is 0.309 e. The summed E-state index contributed by atoms with van der Waals surface area (Å²) in [5, 5.41) is 0. The molecular formula is C33H54O2. The summed E-state index contributed by atoms with van der Waals surface area (Å²) in [5.74, 6) is 2.39. The van der Waals surface area contributed by atoms with Crippen molar-refractivity contribution in [3.8, 4) is 0 Å². The molecule has 0 amide bonds. The van der Waals surface area contributed by atoms with Crippen LogP contribution in [0.3, 0.4) is 0 Å². The minimum atomic E-state index is -0.403. The molecule has 1 unspecified atom stereocenters. The van der Waals surface area contributed by atoms with Crippen LogP contribution < -0.4 is 0 Å². The zero-order valence-corrected chi connectivity index (χ0v) is 24.6. The number of ether oxygens (including phenoxy) is 1. The topological polar surface area (TPSA) is 26.3 Å². The monoisotopic (exact) mass is 482 g/mol. The molecule has 2 heteroatoms. The van der Waals surface area contributed by atoms with E-state index in [1.54, 1.807) is 5.57 Å². The number of hydrogen-bond donors (Lipinski definition) is 0. The molecule has 2 fully saturated rings. The first kappa shape index (κ1) is 27.0. The fourth-order valence-corrected chi connectivity index (χ4v) is 9.71. The van der Waals surface area contributed by atoms with Gasteiger partial charge in [0, 0.05) is 0 Å². The first-order valence-electron chi connectivity index (χ1n) is 14.7. The molecular weight excluding hydrogens is 428 g/mol. The van der Waals surface area contributed by atoms with Crippen LogP contribution in [0.1, 0.15) is 127 Å². The van der Waals surface area contributed by atoms with Crippen molar-refractivity contribution in [3.63, 3.8) is 0 Å². The van der Waals surface area contributed by atoms with Gasteiger partial charge in [0.15, 0.2) is 0 Å². The molecule has 0 saturated heterocycles. The summed E-state index contributed by atoms with van der Waals surface area (Å²) in [6, 6.07) is 0. The van der Waals surface area contributed by atoms with Crippen LogP contribution in [-0.4, -0.2) is 11.6 Å². The minimum Gasteiger partial charge on any atom is -0.460 e. The van der Waals surface area contributed by atoms with Crippen molar-refractivity contribution in [1.82, 2.24) is 0 Å². The summed E-state index contributed by atoms with van der Waals surface area (Å²) in [6.45, 7) is 23.9. The molecule has 4 aliphatic rings. The molecule has 2 nitrogen and oxygen atoms in total. The first-order chi connectivity index (χ1) is 16.1. The Bertz CT molecular complexity index is 897. The van der Waals surface area contributed by atoms with Crippen LogP contribution >= 0.6 is 0 Å². The van der Waals surface area contributed by atoms with E-state index in [-0.39, 0.29) is 17.3 Å². The van der Waals surface area contributed by atoms with Gasteiger partial charge in [-0.2, -0.15) is 0 Å². The third-order valence-corrected chi connectivity index (χ3v) is 11.9. The van der Waals surface area contributed by atoms with E-state index >= 15 is 0 Å². The van der Waals surface area contributed by atoms with Gasteiger partial charge >= 0.3 is 5.97 Å². The number of fused-ring (bicyclic) bond motifs is 3. The molecule has 0 radical (unpaired) electrons. The van der Waals surface area contributed by atoms with Crippen LogP contribution in [0.15, 0.2) is 23.3 Å². The molecule has 2 saturated carbocycles. The Morgan fingerprint density at radius 2 is 1.66 bits per heavy atom. The maximum Gasteiger partial charge on any atom is 0.309 e. The van der Waals surface area contributed by atoms with E-state index in [9.17, 15) is 4.79 Å². The van der Waals surface area contributed by atoms with Crippen molar-refractivity contribution < 1.29 is 9.53 Å². The fourth-order valence-electron chi connectivity index (χ4n) is 9.71. The molecule has 0 aromatic rings. The van der Waals surface area contributed by atoms with Crippen molar-refractivity contribution in [2.24, 2.45) is 45.3 Å². The summed E-state index contributed by atoms with van der Waals surface area (Å²) in [5.41, 5.74) is 4.11. The van der Waals surface area contributed by atoms with Gasteiger partial charge in [-0.15, -0.1) is 0 Å². The molecule has 4 aliphatic carbocycles. The summed E-state index contributed by atoms with van der Waals surface area (Å²) >= 11 is 0. The predicted molar refractivity (Wildman–Crippen MR) is 147 cm³/mol. The Morgan fingerprint density at radius 3 is 2.23 bits per heavy atom. The van der Waals surface area contributed by atoms with E-state index in [0.29, 0.717) is 16.2 Å². The Morgan fingerprint density at radius 1 is 0.971 bits per heavy atom. The SMILES string of the molecule is CC[C@H]1CC[C@@H]2[C@@]3(C)CC=C(C4=CCC(C(=O)OC(C)(C)C)CC4)C(C)(C)[C@@H]3CC[C@@]2(C)C1(C)C. The van der Waals surface area contributed by atoms with Crippen molar-refractivity contribution in [2.45, 2.75) is 133 Å². The normalized spacial score (nSPS) is 40.6. The molecule has 0 spiro atoms. The maximum atomic E-state index is 12.6. The summed E-state index contributed by atoms with van der Waals surface area (Å²) in [7, 11) is 0. The lowest BCUT2D eigenvalue weighted by Gasteiger charge is -2.69. The lowest BCUT2D eigenvalue weighted by atomic mass is 9.36. The van der Waals surface area contributed by atoms with Crippen LogP contribution in [0.25, 0.3) is 0 Å². The number of carbonyl (C=O) groups is 1. The van der Waals surface area contributed by atoms with E-state index in [1.165, 1.54) is 44.1 Å². The second-order valence-electron chi connectivity index (χ2n) is 15.2. The zero-order valence-electron chi connectivity index (χ0n) is 24.6. The molecule has 0 aromatic heterocycles. The molecule has 35 heavy (non-hydrogen) atoms. The van der Waals surface area contributed by atoms with Crippen LogP contribution in [-0.2, 0) is 9.53 Å². The highest BCUT2D eigenvalue weighted by molar-refractivity contribution is 5.73. The Labute approximate surface area is 216 Å². The highest BCUT2D eigenvalue weighted by Gasteiger charge is 2.64. The van der Waals surface area contributed by atoms with E-state index in [2.05, 4.69) is 60.6 Å². The van der Waals surface area contributed by atoms with Gasteiger partial charge in [-0.25, -0.2) is 0 Å². The molecule has 0 bridgehead atoms. The molecule has 0 aliphatic heterocycles. The van der Waals surface area contributed by atoms with Crippen molar-refractivity contribution in [2.75, 3.05) is 0 Å². The van der Waals surface area contributed by atoms with Crippen LogP contribution in [0.5, 0.6) is 0 Å². The van der Waals surface area contributed by atoms with Crippen LogP contribution in [0.2, 0.25) is 0 Å². The van der Waals surface area contributed by atoms with E-state index in [0.717, 1.165) is 37.0 Å². The molecule has 0 aromatic carbocycles. The quantitative estimate of drug-likeness (QED) is 0.375. The summed E-state index contributed by atoms with van der Waals surface area (Å²) in [4.78, 5) is 12.6. The predicted octanol–water partition coefficient (Wildman–Crippen LogP) is 9.30. The number of rotatable bonds is 3. The zero-order chi connectivity index (χ0) is 26.0. The maximum absolute atomic E-state index is 12.6. The van der Waals surface area contributed by atoms with Crippen molar-refractivity contribution in [3.05, 3.63) is 23.3 Å². The number of allylic oxidation sites excluding steroid dienone is 4. The van der Waals surface area contributed by atoms with Gasteiger partial charge in [0.2, 0.25) is 0 Å². The highest BCUT2D eigenvalue weighted by atomic mass is 16.6. The molecule has 0 N–H and O–H groups in total. The van der Waals surface area contributed by atoms with Crippen molar-refractivity contribution >= 4 is 5.97 Å². The molecule has 198 valence electrons. The molecule has 0 heterocycles. The van der Waals surface area contributed by atoms with Gasteiger partial charge < -0.3 is 4.74 Å². The average molecular weight is 483 g/mol. The van der Waals surface area contributed by atoms with E-state index < -0.39 is 5.60 Å². The van der Waals surface area contributed by atoms with Gasteiger partial charge in [0.25, 0.3) is 0 Å². The van der Waals surface area contributed by atoms with Crippen LogP contribution in [0, 0.1) is 45.3 Å². The number of carbonyl (C=O) groups excluding carboxylic acids is 1. The van der Waals surface area contributed by atoms with E-state index in [1.807, 2.05) is 20.8 Å². The van der Waals surface area contributed by atoms with Gasteiger partial charge in [0.05, 0.1) is 5.92 Å². The molecule has 4 rings (SSSR count). The van der Waals surface area contributed by atoms with Crippen LogP contribution in [0.4, 0.5) is 0 Å². The highest BCUT2D eigenvalue weighted by Crippen LogP contribution is 2.72. The number of esters is 1. The first-order valence-corrected chi connectivity index (χ1v) is 14.7. The summed E-state index contributed by atoms with van der Waals surface area (Å²) < 4.78 is 5.69. The van der Waals surface area contributed by atoms with Crippen molar-refractivity contribution in [1.29, 1.82) is 0 Å². The fraction of sp³-hybridized carbons (Fsp3) is 0.848.